The molecule has 0 saturated carbocycles. The minimum absolute atomic E-state index is 0.0249. The maximum Gasteiger partial charge on any atom is 0.335 e. The van der Waals surface area contributed by atoms with Gasteiger partial charge in [-0.1, -0.05) is 72.8 Å². The van der Waals surface area contributed by atoms with Crippen LogP contribution in [0.25, 0.3) is 0 Å². The Morgan fingerprint density at radius 1 is 0.929 bits per heavy atom. The number of carboxylic acids is 1. The second-order valence-corrected chi connectivity index (χ2v) is 7.77. The summed E-state index contributed by atoms with van der Waals surface area (Å²) < 4.78 is 0. The highest BCUT2D eigenvalue weighted by molar-refractivity contribution is 5.87. The van der Waals surface area contributed by atoms with Crippen molar-refractivity contribution in [2.75, 3.05) is 6.54 Å². The van der Waals surface area contributed by atoms with E-state index in [9.17, 15) is 4.79 Å². The van der Waals surface area contributed by atoms with Crippen molar-refractivity contribution in [1.82, 2.24) is 4.90 Å². The molecule has 1 unspecified atom stereocenters. The number of likely N-dealkylation sites (tertiary alicyclic amines) is 1. The molecule has 4 rings (SSSR count). The van der Waals surface area contributed by atoms with E-state index in [-0.39, 0.29) is 5.41 Å². The highest BCUT2D eigenvalue weighted by atomic mass is 16.4. The van der Waals surface area contributed by atoms with E-state index in [1.807, 2.05) is 12.1 Å². The van der Waals surface area contributed by atoms with Crippen LogP contribution in [0.2, 0.25) is 0 Å². The zero-order chi connectivity index (χ0) is 19.6. The van der Waals surface area contributed by atoms with Gasteiger partial charge in [0.25, 0.3) is 0 Å². The minimum Gasteiger partial charge on any atom is -0.478 e. The molecule has 142 valence electrons. The molecule has 1 N–H and O–H groups in total. The summed E-state index contributed by atoms with van der Waals surface area (Å²) in [5, 5.41) is 9.11. The van der Waals surface area contributed by atoms with E-state index in [2.05, 4.69) is 72.5 Å². The van der Waals surface area contributed by atoms with Crippen LogP contribution in [0.3, 0.4) is 0 Å². The Morgan fingerprint density at radius 2 is 1.46 bits per heavy atom. The van der Waals surface area contributed by atoms with Crippen LogP contribution in [0, 0.1) is 0 Å². The van der Waals surface area contributed by atoms with Gasteiger partial charge in [0.15, 0.2) is 0 Å². The molecule has 0 spiro atoms. The lowest BCUT2D eigenvalue weighted by atomic mass is 9.73. The molecular weight excluding hydrogens is 346 g/mol. The average molecular weight is 371 g/mol. The molecule has 1 fully saturated rings. The second kappa shape index (κ2) is 7.61. The van der Waals surface area contributed by atoms with Gasteiger partial charge in [-0.3, -0.25) is 4.90 Å². The lowest BCUT2D eigenvalue weighted by Gasteiger charge is -2.31. The maximum absolute atomic E-state index is 11.1. The van der Waals surface area contributed by atoms with Gasteiger partial charge in [-0.2, -0.15) is 0 Å². The molecule has 28 heavy (non-hydrogen) atoms. The van der Waals surface area contributed by atoms with Gasteiger partial charge >= 0.3 is 5.97 Å². The summed E-state index contributed by atoms with van der Waals surface area (Å²) in [4.78, 5) is 13.6. The van der Waals surface area contributed by atoms with Gasteiger partial charge in [0.05, 0.1) is 5.56 Å². The molecule has 1 heterocycles. The van der Waals surface area contributed by atoms with Crippen LogP contribution < -0.4 is 0 Å². The Hall–Kier alpha value is -2.91. The Bertz CT molecular complexity index is 896. The van der Waals surface area contributed by atoms with Crippen LogP contribution in [0.5, 0.6) is 0 Å². The van der Waals surface area contributed by atoms with Crippen LogP contribution in [-0.2, 0) is 12.0 Å². The van der Waals surface area contributed by atoms with Crippen LogP contribution in [0.15, 0.2) is 84.9 Å². The highest BCUT2D eigenvalue weighted by Crippen LogP contribution is 2.44. The fourth-order valence-corrected chi connectivity index (χ4v) is 4.50. The first-order chi connectivity index (χ1) is 13.6. The third kappa shape index (κ3) is 3.46. The molecule has 1 aliphatic heterocycles. The van der Waals surface area contributed by atoms with Gasteiger partial charge in [0.2, 0.25) is 0 Å². The van der Waals surface area contributed by atoms with Crippen molar-refractivity contribution in [3.05, 3.63) is 107 Å². The van der Waals surface area contributed by atoms with E-state index in [0.29, 0.717) is 11.6 Å². The SMILES string of the molecule is CC1CC(c2ccccc2)(c2ccccc2)CN1Cc1ccc(C(=O)O)cc1. The molecule has 3 nitrogen and oxygen atoms in total. The van der Waals surface area contributed by atoms with E-state index < -0.39 is 5.97 Å². The van der Waals surface area contributed by atoms with Crippen LogP contribution in [-0.4, -0.2) is 28.6 Å². The first kappa shape index (κ1) is 18.5. The largest absolute Gasteiger partial charge is 0.478 e. The Labute approximate surface area is 166 Å². The summed E-state index contributed by atoms with van der Waals surface area (Å²) in [7, 11) is 0. The van der Waals surface area contributed by atoms with E-state index in [1.165, 1.54) is 11.1 Å². The first-order valence-electron chi connectivity index (χ1n) is 9.76. The van der Waals surface area contributed by atoms with E-state index in [1.54, 1.807) is 12.1 Å². The Morgan fingerprint density at radius 3 is 1.96 bits per heavy atom. The van der Waals surface area contributed by atoms with Crippen molar-refractivity contribution in [2.45, 2.75) is 31.3 Å². The van der Waals surface area contributed by atoms with Gasteiger partial charge < -0.3 is 5.11 Å². The lowest BCUT2D eigenvalue weighted by molar-refractivity contribution is 0.0697. The topological polar surface area (TPSA) is 40.5 Å². The number of benzene rings is 3. The molecule has 1 atom stereocenters. The second-order valence-electron chi connectivity index (χ2n) is 7.77. The summed E-state index contributed by atoms with van der Waals surface area (Å²) in [6.07, 6.45) is 1.06. The zero-order valence-electron chi connectivity index (χ0n) is 16.1. The van der Waals surface area contributed by atoms with Crippen LogP contribution in [0.4, 0.5) is 0 Å². The fourth-order valence-electron chi connectivity index (χ4n) is 4.50. The molecule has 3 aromatic carbocycles. The third-order valence-corrected chi connectivity index (χ3v) is 5.98. The summed E-state index contributed by atoms with van der Waals surface area (Å²) in [5.41, 5.74) is 4.17. The molecule has 0 amide bonds. The Kier molecular flexibility index (Phi) is 5.01. The number of carbonyl (C=O) groups is 1. The van der Waals surface area contributed by atoms with Crippen LogP contribution >= 0.6 is 0 Å². The summed E-state index contributed by atoms with van der Waals surface area (Å²) in [6.45, 7) is 4.06. The number of aromatic carboxylic acids is 1. The number of carboxylic acid groups (broad SMARTS) is 1. The minimum atomic E-state index is -0.881. The van der Waals surface area contributed by atoms with Gasteiger partial charge in [-0.25, -0.2) is 4.79 Å². The molecule has 3 aromatic rings. The molecule has 0 radical (unpaired) electrons. The molecular formula is C25H25NO2. The smallest absolute Gasteiger partial charge is 0.335 e. The number of rotatable bonds is 5. The molecule has 0 aliphatic carbocycles. The molecule has 0 bridgehead atoms. The number of hydrogen-bond donors (Lipinski definition) is 1. The predicted octanol–water partition coefficient (Wildman–Crippen LogP) is 4.97. The fraction of sp³-hybridized carbons (Fsp3) is 0.240. The van der Waals surface area contributed by atoms with Gasteiger partial charge in [-0.05, 0) is 42.2 Å². The first-order valence-corrected chi connectivity index (χ1v) is 9.76. The van der Waals surface area contributed by atoms with Gasteiger partial charge in [0, 0.05) is 24.5 Å². The van der Waals surface area contributed by atoms with Gasteiger partial charge in [-0.15, -0.1) is 0 Å². The molecule has 1 saturated heterocycles. The predicted molar refractivity (Wildman–Crippen MR) is 112 cm³/mol. The number of hydrogen-bond acceptors (Lipinski definition) is 2. The van der Waals surface area contributed by atoms with E-state index in [0.717, 1.165) is 25.1 Å². The van der Waals surface area contributed by atoms with E-state index >= 15 is 0 Å². The van der Waals surface area contributed by atoms with Crippen molar-refractivity contribution in [1.29, 1.82) is 0 Å². The molecule has 0 aromatic heterocycles. The van der Waals surface area contributed by atoms with Crippen LogP contribution in [0.1, 0.15) is 40.4 Å². The van der Waals surface area contributed by atoms with Crippen molar-refractivity contribution < 1.29 is 9.90 Å². The quantitative estimate of drug-likeness (QED) is 0.689. The third-order valence-electron chi connectivity index (χ3n) is 5.98. The lowest BCUT2D eigenvalue weighted by Crippen LogP contribution is -2.32. The van der Waals surface area contributed by atoms with Crippen molar-refractivity contribution >= 4 is 5.97 Å². The van der Waals surface area contributed by atoms with Crippen molar-refractivity contribution in [2.24, 2.45) is 0 Å². The molecule has 1 aliphatic rings. The van der Waals surface area contributed by atoms with E-state index in [4.69, 9.17) is 5.11 Å². The van der Waals surface area contributed by atoms with Gasteiger partial charge in [0.1, 0.15) is 0 Å². The van der Waals surface area contributed by atoms with Crippen molar-refractivity contribution in [3.63, 3.8) is 0 Å². The summed E-state index contributed by atoms with van der Waals surface area (Å²) >= 11 is 0. The Balaban J connectivity index is 1.64. The normalized spacial score (nSPS) is 18.8. The summed E-state index contributed by atoms with van der Waals surface area (Å²) in [5.74, 6) is -0.881. The average Bonchev–Trinajstić information content (AvgIpc) is 3.07. The molecule has 3 heteroatoms. The van der Waals surface area contributed by atoms with Crippen molar-refractivity contribution in [3.8, 4) is 0 Å². The highest BCUT2D eigenvalue weighted by Gasteiger charge is 2.44. The summed E-state index contributed by atoms with van der Waals surface area (Å²) in [6, 6.07) is 29.3. The standard InChI is InChI=1S/C25H25NO2/c1-19-16-25(22-8-4-2-5-9-22,23-10-6-3-7-11-23)18-26(19)17-20-12-14-21(15-13-20)24(27)28/h2-15,19H,16-18H2,1H3,(H,27,28). The zero-order valence-corrected chi connectivity index (χ0v) is 16.1. The monoisotopic (exact) mass is 371 g/mol. The number of nitrogens with zero attached hydrogens (tertiary/aromatic N) is 1. The maximum atomic E-state index is 11.1.